The molecule has 1 amide bonds. The third kappa shape index (κ3) is 5.07. The quantitative estimate of drug-likeness (QED) is 0.846. The van der Waals surface area contributed by atoms with Crippen molar-refractivity contribution in [1.82, 2.24) is 9.62 Å². The van der Waals surface area contributed by atoms with Crippen LogP contribution in [0.15, 0.2) is 23.1 Å². The molecule has 1 aliphatic heterocycles. The van der Waals surface area contributed by atoms with Gasteiger partial charge in [-0.05, 0) is 63.1 Å². The van der Waals surface area contributed by atoms with Gasteiger partial charge in [-0.2, -0.15) is 4.31 Å². The van der Waals surface area contributed by atoms with Gasteiger partial charge in [0.05, 0.1) is 4.90 Å². The summed E-state index contributed by atoms with van der Waals surface area (Å²) in [6.45, 7) is 13.3. The maximum Gasteiger partial charge on any atom is 0.252 e. The summed E-state index contributed by atoms with van der Waals surface area (Å²) < 4.78 is 27.1. The number of carbonyl (C=O) groups excluding carboxylic acids is 1. The molecule has 146 valence electrons. The van der Waals surface area contributed by atoms with Gasteiger partial charge in [-0.3, -0.25) is 4.79 Å². The van der Waals surface area contributed by atoms with E-state index in [1.165, 1.54) is 10.4 Å². The molecule has 0 unspecified atom stereocenters. The Balaban J connectivity index is 2.28. The Kier molecular flexibility index (Phi) is 5.88. The van der Waals surface area contributed by atoms with E-state index < -0.39 is 10.0 Å². The summed E-state index contributed by atoms with van der Waals surface area (Å²) in [6.07, 6.45) is 2.59. The standard InChI is InChI=1S/C20H32N2O3S/c1-15-9-10-16(26(24,25)22-11-7-8-12-22)13-17(15)18(23)21-20(5,6)14-19(2,3)4/h9-10,13H,7-8,11-12,14H2,1-6H3,(H,21,23). The lowest BCUT2D eigenvalue weighted by Gasteiger charge is -2.33. The molecule has 0 spiro atoms. The molecule has 0 aliphatic carbocycles. The lowest BCUT2D eigenvalue weighted by Crippen LogP contribution is -2.46. The highest BCUT2D eigenvalue weighted by molar-refractivity contribution is 7.89. The van der Waals surface area contributed by atoms with Gasteiger partial charge in [0.1, 0.15) is 0 Å². The van der Waals surface area contributed by atoms with E-state index in [1.54, 1.807) is 12.1 Å². The molecule has 0 radical (unpaired) electrons. The van der Waals surface area contributed by atoms with E-state index in [9.17, 15) is 13.2 Å². The molecule has 1 aromatic rings. The number of nitrogens with zero attached hydrogens (tertiary/aromatic N) is 1. The first-order valence-corrected chi connectivity index (χ1v) is 10.7. The topological polar surface area (TPSA) is 66.5 Å². The number of carbonyl (C=O) groups is 1. The number of sulfonamides is 1. The van der Waals surface area contributed by atoms with E-state index in [0.717, 1.165) is 24.8 Å². The van der Waals surface area contributed by atoms with Gasteiger partial charge in [0.2, 0.25) is 10.0 Å². The number of hydrogen-bond donors (Lipinski definition) is 1. The molecule has 1 N–H and O–H groups in total. The Labute approximate surface area is 158 Å². The van der Waals surface area contributed by atoms with Crippen LogP contribution in [0.3, 0.4) is 0 Å². The predicted molar refractivity (Wildman–Crippen MR) is 105 cm³/mol. The molecule has 2 rings (SSSR count). The molecule has 1 saturated heterocycles. The minimum Gasteiger partial charge on any atom is -0.347 e. The molecule has 6 heteroatoms. The first kappa shape index (κ1) is 20.9. The van der Waals surface area contributed by atoms with E-state index in [-0.39, 0.29) is 21.8 Å². The molecule has 0 aromatic heterocycles. The van der Waals surface area contributed by atoms with E-state index in [0.29, 0.717) is 18.7 Å². The number of amides is 1. The van der Waals surface area contributed by atoms with Crippen molar-refractivity contribution in [2.75, 3.05) is 13.1 Å². The second-order valence-electron chi connectivity index (χ2n) is 9.16. The number of benzene rings is 1. The highest BCUT2D eigenvalue weighted by Gasteiger charge is 2.30. The summed E-state index contributed by atoms with van der Waals surface area (Å²) in [4.78, 5) is 13.0. The van der Waals surface area contributed by atoms with Gasteiger partial charge < -0.3 is 5.32 Å². The lowest BCUT2D eigenvalue weighted by atomic mass is 9.81. The van der Waals surface area contributed by atoms with Crippen LogP contribution in [0.2, 0.25) is 0 Å². The summed E-state index contributed by atoms with van der Waals surface area (Å²) >= 11 is 0. The molecular weight excluding hydrogens is 348 g/mol. The Morgan fingerprint density at radius 1 is 1.12 bits per heavy atom. The van der Waals surface area contributed by atoms with Crippen molar-refractivity contribution >= 4 is 15.9 Å². The van der Waals surface area contributed by atoms with Crippen LogP contribution < -0.4 is 5.32 Å². The van der Waals surface area contributed by atoms with Crippen molar-refractivity contribution in [3.05, 3.63) is 29.3 Å². The fourth-order valence-electron chi connectivity index (χ4n) is 3.83. The summed E-state index contributed by atoms with van der Waals surface area (Å²) in [5.41, 5.74) is 0.889. The second-order valence-corrected chi connectivity index (χ2v) is 11.1. The SMILES string of the molecule is Cc1ccc(S(=O)(=O)N2CCCC2)cc1C(=O)NC(C)(C)CC(C)(C)C. The zero-order valence-corrected chi connectivity index (χ0v) is 17.7. The van der Waals surface area contributed by atoms with Crippen molar-refractivity contribution in [2.24, 2.45) is 5.41 Å². The fourth-order valence-corrected chi connectivity index (χ4v) is 5.37. The minimum absolute atomic E-state index is 0.0762. The van der Waals surface area contributed by atoms with Crippen LogP contribution >= 0.6 is 0 Å². The lowest BCUT2D eigenvalue weighted by molar-refractivity contribution is 0.0890. The average Bonchev–Trinajstić information content (AvgIpc) is 2.98. The van der Waals surface area contributed by atoms with Crippen LogP contribution in [0, 0.1) is 12.3 Å². The van der Waals surface area contributed by atoms with Gasteiger partial charge >= 0.3 is 0 Å². The van der Waals surface area contributed by atoms with Crippen LogP contribution in [0.25, 0.3) is 0 Å². The van der Waals surface area contributed by atoms with Crippen molar-refractivity contribution in [1.29, 1.82) is 0 Å². The zero-order valence-electron chi connectivity index (χ0n) is 16.8. The van der Waals surface area contributed by atoms with Gasteiger partial charge in [-0.25, -0.2) is 8.42 Å². The van der Waals surface area contributed by atoms with Crippen molar-refractivity contribution in [3.8, 4) is 0 Å². The number of nitrogens with one attached hydrogen (secondary N) is 1. The molecule has 0 saturated carbocycles. The van der Waals surface area contributed by atoms with E-state index in [2.05, 4.69) is 26.1 Å². The molecule has 1 fully saturated rings. The van der Waals surface area contributed by atoms with Gasteiger partial charge in [-0.1, -0.05) is 26.8 Å². The second kappa shape index (κ2) is 7.31. The third-order valence-electron chi connectivity index (χ3n) is 4.58. The van der Waals surface area contributed by atoms with Gasteiger partial charge in [-0.15, -0.1) is 0 Å². The highest BCUT2D eigenvalue weighted by Crippen LogP contribution is 2.28. The monoisotopic (exact) mass is 380 g/mol. The van der Waals surface area contributed by atoms with E-state index >= 15 is 0 Å². The Morgan fingerprint density at radius 3 is 2.23 bits per heavy atom. The van der Waals surface area contributed by atoms with Crippen LogP contribution in [-0.4, -0.2) is 37.3 Å². The van der Waals surface area contributed by atoms with Gasteiger partial charge in [0, 0.05) is 24.2 Å². The predicted octanol–water partition coefficient (Wildman–Crippen LogP) is 3.72. The summed E-state index contributed by atoms with van der Waals surface area (Å²) in [5, 5.41) is 3.07. The third-order valence-corrected chi connectivity index (χ3v) is 6.48. The van der Waals surface area contributed by atoms with Crippen molar-refractivity contribution in [3.63, 3.8) is 0 Å². The van der Waals surface area contributed by atoms with Gasteiger partial charge in [0.25, 0.3) is 5.91 Å². The Hall–Kier alpha value is -1.40. The summed E-state index contributed by atoms with van der Waals surface area (Å²) in [6, 6.07) is 4.83. The molecule has 1 aliphatic rings. The number of aryl methyl sites for hydroxylation is 1. The normalized spacial score (nSPS) is 16.7. The van der Waals surface area contributed by atoms with Crippen LogP contribution in [0.1, 0.15) is 69.8 Å². The summed E-state index contributed by atoms with van der Waals surface area (Å²) in [5.74, 6) is -0.227. The molecule has 0 atom stereocenters. The molecule has 0 bridgehead atoms. The van der Waals surface area contributed by atoms with Crippen molar-refractivity contribution < 1.29 is 13.2 Å². The zero-order chi connectivity index (χ0) is 19.8. The van der Waals surface area contributed by atoms with Crippen LogP contribution in [-0.2, 0) is 10.0 Å². The fraction of sp³-hybridized carbons (Fsp3) is 0.650. The average molecular weight is 381 g/mol. The first-order valence-electron chi connectivity index (χ1n) is 9.25. The van der Waals surface area contributed by atoms with E-state index in [4.69, 9.17) is 0 Å². The number of rotatable bonds is 5. The maximum absolute atomic E-state index is 12.8. The molecule has 26 heavy (non-hydrogen) atoms. The number of hydrogen-bond acceptors (Lipinski definition) is 3. The minimum atomic E-state index is -3.53. The van der Waals surface area contributed by atoms with Crippen LogP contribution in [0.5, 0.6) is 0 Å². The van der Waals surface area contributed by atoms with E-state index in [1.807, 2.05) is 20.8 Å². The Bertz CT molecular complexity index is 771. The largest absolute Gasteiger partial charge is 0.347 e. The smallest absolute Gasteiger partial charge is 0.252 e. The highest BCUT2D eigenvalue weighted by atomic mass is 32.2. The van der Waals surface area contributed by atoms with Gasteiger partial charge in [0.15, 0.2) is 0 Å². The molecular formula is C20H32N2O3S. The molecule has 1 aromatic carbocycles. The molecule has 5 nitrogen and oxygen atoms in total. The molecule has 1 heterocycles. The maximum atomic E-state index is 12.8. The first-order chi connectivity index (χ1) is 11.8. The van der Waals surface area contributed by atoms with Crippen molar-refractivity contribution in [2.45, 2.75) is 71.2 Å². The summed E-state index contributed by atoms with van der Waals surface area (Å²) in [7, 11) is -3.53. The van der Waals surface area contributed by atoms with Crippen LogP contribution in [0.4, 0.5) is 0 Å². The Morgan fingerprint density at radius 2 is 1.69 bits per heavy atom.